The molecule has 1 fully saturated rings. The maximum Gasteiger partial charge on any atom is 0.0505 e. The number of rotatable bonds is 7. The first-order valence-corrected chi connectivity index (χ1v) is 22.0. The van der Waals surface area contributed by atoms with Crippen LogP contribution in [0.3, 0.4) is 0 Å². The molecule has 7 aromatic carbocycles. The van der Waals surface area contributed by atoms with Crippen LogP contribution in [0.2, 0.25) is 0 Å². The van der Waals surface area contributed by atoms with Gasteiger partial charge in [0, 0.05) is 48.3 Å². The molecule has 2 nitrogen and oxygen atoms in total. The number of para-hydroxylation sites is 2. The molecule has 1 spiro atoms. The van der Waals surface area contributed by atoms with Crippen molar-refractivity contribution in [2.45, 2.75) is 76.0 Å². The molecule has 0 bridgehead atoms. The third kappa shape index (κ3) is 5.65. The van der Waals surface area contributed by atoms with Crippen molar-refractivity contribution in [2.24, 2.45) is 0 Å². The summed E-state index contributed by atoms with van der Waals surface area (Å²) in [6.07, 6.45) is 11.1. The Morgan fingerprint density at radius 1 is 0.491 bits per heavy atom. The molecule has 0 saturated heterocycles. The van der Waals surface area contributed by atoms with E-state index in [4.69, 9.17) is 0 Å². The van der Waals surface area contributed by atoms with Crippen molar-refractivity contribution in [2.75, 3.05) is 9.80 Å². The van der Waals surface area contributed by atoms with Gasteiger partial charge in [-0.25, -0.2) is 0 Å². The van der Waals surface area contributed by atoms with Gasteiger partial charge >= 0.3 is 0 Å². The van der Waals surface area contributed by atoms with Gasteiger partial charge in [0.05, 0.1) is 11.4 Å². The van der Waals surface area contributed by atoms with Crippen molar-refractivity contribution in [3.8, 4) is 0 Å². The summed E-state index contributed by atoms with van der Waals surface area (Å²) in [7, 11) is 0. The van der Waals surface area contributed by atoms with Gasteiger partial charge < -0.3 is 9.80 Å². The first-order chi connectivity index (χ1) is 28.2. The molecule has 1 atom stereocenters. The Balaban J connectivity index is 1.13. The maximum absolute atomic E-state index is 2.64. The SMILES string of the molecule is Cc1c(N(c2ccc(C3CCCCC3)cc2)c2cccc3c2[C@]2(CCc4cccc(N(c5ccccc5)c5ccccc5)c42)CC3)ccc2sc3ccccc3c12. The average Bonchev–Trinajstić information content (AvgIpc) is 3.97. The molecule has 0 aliphatic heterocycles. The minimum absolute atomic E-state index is 0.118. The molecule has 0 amide bonds. The standard InChI is InChI=1S/C54H48N2S/c1-37-46(31-32-50-51(37)45-23-11-12-26-49(45)57-50)56(44-29-27-39(28-30-44)38-15-5-2-6-16-38)48-25-14-18-41-34-36-54(53(41)48)35-33-40-17-13-24-47(52(40)54)55(42-19-7-3-8-20-42)43-21-9-4-10-22-43/h3-4,7-14,17-32,38H,2,5-6,15-16,33-36H2,1H3/t54-/m1/s1. The van der Waals surface area contributed by atoms with E-state index >= 15 is 0 Å². The van der Waals surface area contributed by atoms with Crippen LogP contribution in [0.25, 0.3) is 20.2 Å². The summed E-state index contributed by atoms with van der Waals surface area (Å²) in [4.78, 5) is 5.15. The highest BCUT2D eigenvalue weighted by Gasteiger charge is 2.49. The van der Waals surface area contributed by atoms with E-state index in [0.717, 1.165) is 25.7 Å². The van der Waals surface area contributed by atoms with Gasteiger partial charge in [-0.05, 0) is 151 Å². The number of aryl methyl sites for hydroxylation is 3. The van der Waals surface area contributed by atoms with Crippen LogP contribution >= 0.6 is 11.3 Å². The van der Waals surface area contributed by atoms with Gasteiger partial charge in [-0.2, -0.15) is 0 Å². The number of hydrogen-bond acceptors (Lipinski definition) is 3. The fourth-order valence-electron chi connectivity index (χ4n) is 11.1. The highest BCUT2D eigenvalue weighted by atomic mass is 32.1. The van der Waals surface area contributed by atoms with E-state index in [1.165, 1.54) is 120 Å². The molecule has 3 aliphatic rings. The predicted molar refractivity (Wildman–Crippen MR) is 243 cm³/mol. The second-order valence-corrected chi connectivity index (χ2v) is 17.7. The van der Waals surface area contributed by atoms with Crippen molar-refractivity contribution in [3.63, 3.8) is 0 Å². The Hall–Kier alpha value is -5.64. The Labute approximate surface area is 341 Å². The Morgan fingerprint density at radius 3 is 1.72 bits per heavy atom. The van der Waals surface area contributed by atoms with Crippen LogP contribution in [0, 0.1) is 6.92 Å². The Morgan fingerprint density at radius 2 is 1.07 bits per heavy atom. The largest absolute Gasteiger partial charge is 0.310 e. The summed E-state index contributed by atoms with van der Waals surface area (Å²) in [5.41, 5.74) is 16.3. The van der Waals surface area contributed by atoms with Gasteiger partial charge in [0.1, 0.15) is 0 Å². The van der Waals surface area contributed by atoms with Crippen molar-refractivity contribution in [1.29, 1.82) is 0 Å². The maximum atomic E-state index is 2.64. The fourth-order valence-corrected chi connectivity index (χ4v) is 12.2. The van der Waals surface area contributed by atoms with Crippen molar-refractivity contribution in [3.05, 3.63) is 191 Å². The second-order valence-electron chi connectivity index (χ2n) is 16.7. The molecular weight excluding hydrogens is 709 g/mol. The molecule has 280 valence electrons. The van der Waals surface area contributed by atoms with Gasteiger partial charge in [-0.1, -0.05) is 110 Å². The molecule has 1 heterocycles. The minimum atomic E-state index is -0.118. The summed E-state index contributed by atoms with van der Waals surface area (Å²) >= 11 is 1.91. The number of fused-ring (bicyclic) bond motifs is 7. The lowest BCUT2D eigenvalue weighted by atomic mass is 9.74. The quantitative estimate of drug-likeness (QED) is 0.160. The second kappa shape index (κ2) is 14.1. The first kappa shape index (κ1) is 34.6. The lowest BCUT2D eigenvalue weighted by molar-refractivity contribution is 0.443. The molecule has 3 aliphatic carbocycles. The van der Waals surface area contributed by atoms with E-state index in [-0.39, 0.29) is 5.41 Å². The fraction of sp³-hybridized carbons (Fsp3) is 0.222. The number of nitrogens with zero attached hydrogens (tertiary/aromatic N) is 2. The monoisotopic (exact) mass is 756 g/mol. The molecular formula is C54H48N2S. The van der Waals surface area contributed by atoms with Crippen molar-refractivity contribution >= 4 is 65.6 Å². The van der Waals surface area contributed by atoms with Gasteiger partial charge in [0.2, 0.25) is 0 Å². The van der Waals surface area contributed by atoms with E-state index < -0.39 is 0 Å². The topological polar surface area (TPSA) is 6.48 Å². The number of benzene rings is 7. The molecule has 1 saturated carbocycles. The van der Waals surface area contributed by atoms with Gasteiger partial charge in [-0.3, -0.25) is 0 Å². The van der Waals surface area contributed by atoms with Crippen LogP contribution in [0.5, 0.6) is 0 Å². The lowest BCUT2D eigenvalue weighted by Gasteiger charge is -2.37. The molecule has 57 heavy (non-hydrogen) atoms. The molecule has 0 unspecified atom stereocenters. The minimum Gasteiger partial charge on any atom is -0.310 e. The van der Waals surface area contributed by atoms with Crippen LogP contribution < -0.4 is 9.80 Å². The van der Waals surface area contributed by atoms with Crippen LogP contribution in [-0.2, 0) is 18.3 Å². The highest BCUT2D eigenvalue weighted by Crippen LogP contribution is 2.60. The molecule has 8 aromatic rings. The van der Waals surface area contributed by atoms with Gasteiger partial charge in [0.25, 0.3) is 0 Å². The van der Waals surface area contributed by atoms with E-state index in [2.05, 4.69) is 174 Å². The summed E-state index contributed by atoms with van der Waals surface area (Å²) in [5.74, 6) is 0.673. The molecule has 11 rings (SSSR count). The zero-order valence-electron chi connectivity index (χ0n) is 32.8. The van der Waals surface area contributed by atoms with Crippen LogP contribution in [-0.4, -0.2) is 0 Å². The summed E-state index contributed by atoms with van der Waals surface area (Å²) in [6.45, 7) is 2.36. The smallest absolute Gasteiger partial charge is 0.0505 e. The number of anilines is 6. The van der Waals surface area contributed by atoms with Crippen molar-refractivity contribution in [1.82, 2.24) is 0 Å². The van der Waals surface area contributed by atoms with E-state index in [0.29, 0.717) is 5.92 Å². The van der Waals surface area contributed by atoms with E-state index in [1.54, 1.807) is 0 Å². The normalized spacial score (nSPS) is 17.6. The predicted octanol–water partition coefficient (Wildman–Crippen LogP) is 15.5. The Kier molecular flexibility index (Phi) is 8.54. The van der Waals surface area contributed by atoms with E-state index in [9.17, 15) is 0 Å². The molecule has 0 radical (unpaired) electrons. The molecule has 3 heteroatoms. The van der Waals surface area contributed by atoms with Crippen molar-refractivity contribution < 1.29 is 0 Å². The van der Waals surface area contributed by atoms with Crippen LogP contribution in [0.1, 0.15) is 84.2 Å². The van der Waals surface area contributed by atoms with Gasteiger partial charge in [0.15, 0.2) is 0 Å². The zero-order chi connectivity index (χ0) is 37.9. The first-order valence-electron chi connectivity index (χ1n) is 21.1. The zero-order valence-corrected chi connectivity index (χ0v) is 33.6. The highest BCUT2D eigenvalue weighted by molar-refractivity contribution is 7.25. The summed E-state index contributed by atoms with van der Waals surface area (Å²) < 4.78 is 2.71. The number of hydrogen-bond donors (Lipinski definition) is 0. The summed E-state index contributed by atoms with van der Waals surface area (Å²) in [6, 6.07) is 59.7. The molecule has 0 N–H and O–H groups in total. The third-order valence-corrected chi connectivity index (χ3v) is 14.7. The average molecular weight is 757 g/mol. The summed E-state index contributed by atoms with van der Waals surface area (Å²) in [5, 5.41) is 2.74. The van der Waals surface area contributed by atoms with Gasteiger partial charge in [-0.15, -0.1) is 11.3 Å². The van der Waals surface area contributed by atoms with E-state index in [1.807, 2.05) is 11.3 Å². The third-order valence-electron chi connectivity index (χ3n) is 13.6. The number of thiophene rings is 1. The lowest BCUT2D eigenvalue weighted by Crippen LogP contribution is -2.27. The van der Waals surface area contributed by atoms with Crippen LogP contribution in [0.15, 0.2) is 158 Å². The Bertz CT molecular complexity index is 2700. The molecule has 1 aromatic heterocycles. The van der Waals surface area contributed by atoms with Crippen LogP contribution in [0.4, 0.5) is 34.1 Å².